The number of ether oxygens (including phenoxy) is 1. The van der Waals surface area contributed by atoms with E-state index in [1.807, 2.05) is 27.7 Å². The van der Waals surface area contributed by atoms with Gasteiger partial charge in [0, 0.05) is 6.04 Å². The van der Waals surface area contributed by atoms with E-state index >= 15 is 0 Å². The Labute approximate surface area is 96.9 Å². The van der Waals surface area contributed by atoms with E-state index in [2.05, 4.69) is 15.4 Å². The standard InChI is InChI=1S/C11H22N2O3/c1-6-8(4)9(10(14)16-5)13-11(15)12-7(2)3/h7-9H,6H2,1-5H3,(H2,12,13,15)/t8?,9-/m0/s1. The Morgan fingerprint density at radius 3 is 2.12 bits per heavy atom. The van der Waals surface area contributed by atoms with Crippen LogP contribution in [0, 0.1) is 5.92 Å². The Balaban J connectivity index is 4.43. The summed E-state index contributed by atoms with van der Waals surface area (Å²) >= 11 is 0. The van der Waals surface area contributed by atoms with Crippen LogP contribution >= 0.6 is 0 Å². The quantitative estimate of drug-likeness (QED) is 0.699. The summed E-state index contributed by atoms with van der Waals surface area (Å²) in [5.41, 5.74) is 0. The number of methoxy groups -OCH3 is 1. The van der Waals surface area contributed by atoms with Crippen molar-refractivity contribution in [3.8, 4) is 0 Å². The highest BCUT2D eigenvalue weighted by molar-refractivity contribution is 5.83. The van der Waals surface area contributed by atoms with Crippen molar-refractivity contribution in [2.24, 2.45) is 5.92 Å². The monoisotopic (exact) mass is 230 g/mol. The molecule has 0 saturated heterocycles. The molecule has 2 atom stereocenters. The minimum atomic E-state index is -0.589. The first kappa shape index (κ1) is 14.7. The van der Waals surface area contributed by atoms with Crippen molar-refractivity contribution < 1.29 is 14.3 Å². The number of hydrogen-bond donors (Lipinski definition) is 2. The first-order valence-electron chi connectivity index (χ1n) is 5.57. The fourth-order valence-corrected chi connectivity index (χ4v) is 1.24. The van der Waals surface area contributed by atoms with E-state index in [1.54, 1.807) is 0 Å². The molecule has 0 rings (SSSR count). The normalized spacial score (nSPS) is 14.1. The van der Waals surface area contributed by atoms with Gasteiger partial charge in [-0.3, -0.25) is 0 Å². The molecule has 0 aromatic heterocycles. The number of hydrogen-bond acceptors (Lipinski definition) is 3. The maximum atomic E-state index is 11.5. The van der Waals surface area contributed by atoms with Gasteiger partial charge in [-0.1, -0.05) is 20.3 Å². The van der Waals surface area contributed by atoms with Crippen molar-refractivity contribution in [3.05, 3.63) is 0 Å². The minimum absolute atomic E-state index is 0.0372. The topological polar surface area (TPSA) is 67.4 Å². The van der Waals surface area contributed by atoms with E-state index in [4.69, 9.17) is 0 Å². The highest BCUT2D eigenvalue weighted by Gasteiger charge is 2.26. The maximum absolute atomic E-state index is 11.5. The average Bonchev–Trinajstić information content (AvgIpc) is 2.22. The van der Waals surface area contributed by atoms with Crippen LogP contribution in [0.15, 0.2) is 0 Å². The highest BCUT2D eigenvalue weighted by Crippen LogP contribution is 2.08. The van der Waals surface area contributed by atoms with E-state index in [1.165, 1.54) is 7.11 Å². The summed E-state index contributed by atoms with van der Waals surface area (Å²) in [7, 11) is 1.32. The summed E-state index contributed by atoms with van der Waals surface area (Å²) in [5, 5.41) is 5.30. The molecule has 0 aromatic rings. The lowest BCUT2D eigenvalue weighted by atomic mass is 9.99. The molecule has 0 saturated carbocycles. The molecule has 2 amide bonds. The number of rotatable bonds is 5. The number of amides is 2. The van der Waals surface area contributed by atoms with Crippen LogP contribution in [-0.2, 0) is 9.53 Å². The van der Waals surface area contributed by atoms with E-state index in [9.17, 15) is 9.59 Å². The van der Waals surface area contributed by atoms with Crippen LogP contribution < -0.4 is 10.6 Å². The molecule has 0 fully saturated rings. The summed E-state index contributed by atoms with van der Waals surface area (Å²) in [5.74, 6) is -0.362. The Hall–Kier alpha value is -1.26. The van der Waals surface area contributed by atoms with Crippen molar-refractivity contribution >= 4 is 12.0 Å². The van der Waals surface area contributed by atoms with E-state index in [0.29, 0.717) is 0 Å². The van der Waals surface area contributed by atoms with Crippen molar-refractivity contribution in [2.45, 2.75) is 46.2 Å². The van der Waals surface area contributed by atoms with Crippen LogP contribution in [0.25, 0.3) is 0 Å². The maximum Gasteiger partial charge on any atom is 0.328 e. The molecule has 0 heterocycles. The fraction of sp³-hybridized carbons (Fsp3) is 0.818. The molecular formula is C11H22N2O3. The van der Waals surface area contributed by atoms with Crippen LogP contribution in [0.2, 0.25) is 0 Å². The second-order valence-corrected chi connectivity index (χ2v) is 4.16. The molecule has 0 aromatic carbocycles. The largest absolute Gasteiger partial charge is 0.467 e. The second-order valence-electron chi connectivity index (χ2n) is 4.16. The van der Waals surface area contributed by atoms with Gasteiger partial charge in [0.05, 0.1) is 7.11 Å². The summed E-state index contributed by atoms with van der Waals surface area (Å²) in [6.07, 6.45) is 0.793. The molecule has 16 heavy (non-hydrogen) atoms. The molecule has 0 radical (unpaired) electrons. The molecule has 2 N–H and O–H groups in total. The highest BCUT2D eigenvalue weighted by atomic mass is 16.5. The van der Waals surface area contributed by atoms with Gasteiger partial charge in [0.1, 0.15) is 6.04 Å². The summed E-state index contributed by atoms with van der Waals surface area (Å²) < 4.78 is 4.66. The first-order valence-corrected chi connectivity index (χ1v) is 5.57. The third-order valence-electron chi connectivity index (χ3n) is 2.37. The third kappa shape index (κ3) is 5.00. The van der Waals surface area contributed by atoms with Crippen molar-refractivity contribution in [1.82, 2.24) is 10.6 Å². The van der Waals surface area contributed by atoms with Gasteiger partial charge in [0.25, 0.3) is 0 Å². The van der Waals surface area contributed by atoms with Crippen molar-refractivity contribution in [1.29, 1.82) is 0 Å². The molecule has 5 nitrogen and oxygen atoms in total. The average molecular weight is 230 g/mol. The van der Waals surface area contributed by atoms with Crippen molar-refractivity contribution in [2.75, 3.05) is 7.11 Å². The molecule has 0 aliphatic rings. The predicted molar refractivity (Wildman–Crippen MR) is 62.1 cm³/mol. The molecule has 0 aliphatic carbocycles. The molecule has 5 heteroatoms. The lowest BCUT2D eigenvalue weighted by Gasteiger charge is -2.22. The van der Waals surface area contributed by atoms with E-state index in [-0.39, 0.29) is 18.0 Å². The zero-order chi connectivity index (χ0) is 12.7. The van der Waals surface area contributed by atoms with E-state index in [0.717, 1.165) is 6.42 Å². The predicted octanol–water partition coefficient (Wildman–Crippen LogP) is 1.28. The van der Waals surface area contributed by atoms with Gasteiger partial charge in [-0.15, -0.1) is 0 Å². The number of urea groups is 1. The van der Waals surface area contributed by atoms with Gasteiger partial charge in [-0.05, 0) is 19.8 Å². The molecular weight excluding hydrogens is 208 g/mol. The van der Waals surface area contributed by atoms with Gasteiger partial charge in [0.2, 0.25) is 0 Å². The van der Waals surface area contributed by atoms with Gasteiger partial charge < -0.3 is 15.4 Å². The Kier molecular flexibility index (Phi) is 6.53. The van der Waals surface area contributed by atoms with Crippen LogP contribution in [0.3, 0.4) is 0 Å². The first-order chi connectivity index (χ1) is 7.42. The van der Waals surface area contributed by atoms with Gasteiger partial charge in [-0.25, -0.2) is 9.59 Å². The molecule has 0 spiro atoms. The smallest absolute Gasteiger partial charge is 0.328 e. The second kappa shape index (κ2) is 7.09. The van der Waals surface area contributed by atoms with Gasteiger partial charge >= 0.3 is 12.0 Å². The number of carbonyl (C=O) groups is 2. The summed E-state index contributed by atoms with van der Waals surface area (Å²) in [6.45, 7) is 7.58. The Morgan fingerprint density at radius 2 is 1.75 bits per heavy atom. The SMILES string of the molecule is CCC(C)[C@H](NC(=O)NC(C)C)C(=O)OC. The lowest BCUT2D eigenvalue weighted by molar-refractivity contribution is -0.144. The van der Waals surface area contributed by atoms with E-state index < -0.39 is 12.0 Å². The van der Waals surface area contributed by atoms with Crippen LogP contribution in [0.5, 0.6) is 0 Å². The van der Waals surface area contributed by atoms with Crippen LogP contribution in [0.4, 0.5) is 4.79 Å². The fourth-order valence-electron chi connectivity index (χ4n) is 1.24. The zero-order valence-electron chi connectivity index (χ0n) is 10.7. The number of nitrogens with one attached hydrogen (secondary N) is 2. The molecule has 0 aliphatic heterocycles. The number of carbonyl (C=O) groups excluding carboxylic acids is 2. The summed E-state index contributed by atoms with van der Waals surface area (Å²) in [6, 6.07) is -0.894. The Bertz CT molecular complexity index is 241. The molecule has 0 bridgehead atoms. The van der Waals surface area contributed by atoms with Crippen molar-refractivity contribution in [3.63, 3.8) is 0 Å². The van der Waals surface area contributed by atoms with Crippen LogP contribution in [-0.4, -0.2) is 31.2 Å². The van der Waals surface area contributed by atoms with Crippen LogP contribution in [0.1, 0.15) is 34.1 Å². The molecule has 94 valence electrons. The Morgan fingerprint density at radius 1 is 1.19 bits per heavy atom. The third-order valence-corrected chi connectivity index (χ3v) is 2.37. The minimum Gasteiger partial charge on any atom is -0.467 e. The number of esters is 1. The molecule has 1 unspecified atom stereocenters. The lowest BCUT2D eigenvalue weighted by Crippen LogP contribution is -2.50. The van der Waals surface area contributed by atoms with Gasteiger partial charge in [0.15, 0.2) is 0 Å². The zero-order valence-corrected chi connectivity index (χ0v) is 10.7. The summed E-state index contributed by atoms with van der Waals surface area (Å²) in [4.78, 5) is 22.9. The van der Waals surface area contributed by atoms with Gasteiger partial charge in [-0.2, -0.15) is 0 Å².